The maximum Gasteiger partial charge on any atom is 0.355 e. The van der Waals surface area contributed by atoms with Crippen LogP contribution in [0, 0.1) is 0 Å². The van der Waals surface area contributed by atoms with Crippen molar-refractivity contribution in [2.45, 2.75) is 17.9 Å². The molecule has 0 unspecified atom stereocenters. The fourth-order valence-corrected chi connectivity index (χ4v) is 5.18. The number of nitrogens with zero attached hydrogens (tertiary/aromatic N) is 2. The molecule has 150 valence electrons. The highest BCUT2D eigenvalue weighted by molar-refractivity contribution is 7.94. The number of benzene rings is 1. The highest BCUT2D eigenvalue weighted by Gasteiger charge is 2.28. The van der Waals surface area contributed by atoms with E-state index in [4.69, 9.17) is 26.9 Å². The normalized spacial score (nSPS) is 11.7. The topological polar surface area (TPSA) is 104 Å². The van der Waals surface area contributed by atoms with Crippen LogP contribution in [0.5, 0.6) is 0 Å². The molecule has 0 aliphatic carbocycles. The van der Waals surface area contributed by atoms with Crippen LogP contribution in [-0.2, 0) is 26.2 Å². The molecule has 28 heavy (non-hydrogen) atoms. The SMILES string of the molecule is CCOC(=O)c1cc2c(Cl)ccc(N(N)S(=O)(=O)c3cccs3)c2n1COC. The zero-order valence-corrected chi connectivity index (χ0v) is 17.5. The Bertz CT molecular complexity index is 1110. The zero-order chi connectivity index (χ0) is 20.5. The van der Waals surface area contributed by atoms with E-state index in [0.29, 0.717) is 20.3 Å². The van der Waals surface area contributed by atoms with Gasteiger partial charge in [0.15, 0.2) is 0 Å². The van der Waals surface area contributed by atoms with Crippen LogP contribution in [0.4, 0.5) is 5.69 Å². The van der Waals surface area contributed by atoms with Crippen LogP contribution in [0.2, 0.25) is 5.02 Å². The van der Waals surface area contributed by atoms with Gasteiger partial charge in [-0.05, 0) is 36.6 Å². The first-order valence-electron chi connectivity index (χ1n) is 8.14. The lowest BCUT2D eigenvalue weighted by Gasteiger charge is -2.20. The van der Waals surface area contributed by atoms with Crippen LogP contribution < -0.4 is 10.3 Å². The largest absolute Gasteiger partial charge is 0.461 e. The lowest BCUT2D eigenvalue weighted by molar-refractivity contribution is 0.0496. The summed E-state index contributed by atoms with van der Waals surface area (Å²) in [7, 11) is -2.54. The molecule has 0 atom stereocenters. The number of hydrazine groups is 1. The minimum absolute atomic E-state index is 0.0299. The minimum atomic E-state index is -3.99. The van der Waals surface area contributed by atoms with Crippen molar-refractivity contribution in [2.24, 2.45) is 5.84 Å². The average molecular weight is 444 g/mol. The van der Waals surface area contributed by atoms with Crippen LogP contribution in [0.15, 0.2) is 39.9 Å². The summed E-state index contributed by atoms with van der Waals surface area (Å²) in [4.78, 5) is 12.4. The number of halogens is 1. The number of hydrogen-bond donors (Lipinski definition) is 1. The Kier molecular flexibility index (Phi) is 5.96. The first-order chi connectivity index (χ1) is 13.3. The molecular formula is C17H18ClN3O5S2. The van der Waals surface area contributed by atoms with Crippen LogP contribution in [-0.4, -0.2) is 32.7 Å². The Morgan fingerprint density at radius 3 is 2.71 bits per heavy atom. The monoisotopic (exact) mass is 443 g/mol. The van der Waals surface area contributed by atoms with Crippen molar-refractivity contribution in [3.8, 4) is 0 Å². The molecule has 0 fully saturated rings. The second kappa shape index (κ2) is 8.10. The van der Waals surface area contributed by atoms with E-state index in [-0.39, 0.29) is 28.9 Å². The first kappa shape index (κ1) is 20.6. The number of esters is 1. The highest BCUT2D eigenvalue weighted by Crippen LogP contribution is 2.36. The number of sulfonamides is 1. The zero-order valence-electron chi connectivity index (χ0n) is 15.1. The van der Waals surface area contributed by atoms with Crippen LogP contribution in [0.25, 0.3) is 10.9 Å². The Morgan fingerprint density at radius 1 is 1.36 bits per heavy atom. The summed E-state index contributed by atoms with van der Waals surface area (Å²) in [5.74, 6) is 5.45. The summed E-state index contributed by atoms with van der Waals surface area (Å²) in [6.45, 7) is 1.84. The van der Waals surface area contributed by atoms with Gasteiger partial charge in [0.1, 0.15) is 16.6 Å². The number of ether oxygens (including phenoxy) is 2. The molecule has 0 aliphatic heterocycles. The molecule has 2 N–H and O–H groups in total. The summed E-state index contributed by atoms with van der Waals surface area (Å²) in [5.41, 5.74) is 0.676. The van der Waals surface area contributed by atoms with Crippen molar-refractivity contribution >= 4 is 55.5 Å². The molecule has 8 nitrogen and oxygen atoms in total. The number of anilines is 1. The van der Waals surface area contributed by atoms with Crippen LogP contribution in [0.1, 0.15) is 17.4 Å². The molecule has 11 heteroatoms. The van der Waals surface area contributed by atoms with E-state index < -0.39 is 16.0 Å². The lowest BCUT2D eigenvalue weighted by atomic mass is 10.2. The molecule has 1 aromatic carbocycles. The fraction of sp³-hybridized carbons (Fsp3) is 0.235. The summed E-state index contributed by atoms with van der Waals surface area (Å²) in [5, 5.41) is 2.43. The van der Waals surface area contributed by atoms with E-state index in [1.807, 2.05) is 0 Å². The van der Waals surface area contributed by atoms with Crippen molar-refractivity contribution in [1.29, 1.82) is 0 Å². The van der Waals surface area contributed by atoms with Gasteiger partial charge in [0.2, 0.25) is 0 Å². The Labute approximate surface area is 171 Å². The van der Waals surface area contributed by atoms with E-state index in [0.717, 1.165) is 11.3 Å². The standard InChI is InChI=1S/C17H18ClN3O5S2/c1-3-26-17(22)14-9-11-12(18)6-7-13(16(11)20(14)10-25-2)21(19)28(23,24)15-5-4-8-27-15/h4-9H,3,10,19H2,1-2H3. The number of carbonyl (C=O) groups excluding carboxylic acids is 1. The third kappa shape index (κ3) is 3.49. The van der Waals surface area contributed by atoms with Crippen molar-refractivity contribution in [1.82, 2.24) is 4.57 Å². The predicted molar refractivity (Wildman–Crippen MR) is 108 cm³/mol. The van der Waals surface area contributed by atoms with Crippen molar-refractivity contribution in [2.75, 3.05) is 18.1 Å². The second-order valence-electron chi connectivity index (χ2n) is 5.66. The Hall–Kier alpha value is -2.11. The van der Waals surface area contributed by atoms with Crippen molar-refractivity contribution in [3.05, 3.63) is 46.4 Å². The average Bonchev–Trinajstić information content (AvgIpc) is 3.32. The molecule has 0 radical (unpaired) electrons. The number of hydrogen-bond acceptors (Lipinski definition) is 7. The molecule has 0 aliphatic rings. The summed E-state index contributed by atoms with van der Waals surface area (Å²) >= 11 is 7.35. The van der Waals surface area contributed by atoms with Gasteiger partial charge < -0.3 is 14.0 Å². The van der Waals surface area contributed by atoms with Gasteiger partial charge in [-0.25, -0.2) is 10.6 Å². The second-order valence-corrected chi connectivity index (χ2v) is 9.05. The molecule has 0 saturated heterocycles. The third-order valence-electron chi connectivity index (χ3n) is 3.97. The van der Waals surface area contributed by atoms with Gasteiger partial charge in [0.05, 0.1) is 22.8 Å². The van der Waals surface area contributed by atoms with Gasteiger partial charge in [0.25, 0.3) is 10.0 Å². The maximum atomic E-state index is 12.9. The smallest absolute Gasteiger partial charge is 0.355 e. The van der Waals surface area contributed by atoms with Gasteiger partial charge >= 0.3 is 5.97 Å². The predicted octanol–water partition coefficient (Wildman–Crippen LogP) is 3.21. The van der Waals surface area contributed by atoms with Gasteiger partial charge in [-0.15, -0.1) is 11.3 Å². The molecule has 2 aromatic heterocycles. The van der Waals surface area contributed by atoms with Crippen LogP contribution in [0.3, 0.4) is 0 Å². The molecule has 3 aromatic rings. The lowest BCUT2D eigenvalue weighted by Crippen LogP contribution is -2.37. The maximum absolute atomic E-state index is 12.9. The number of carbonyl (C=O) groups is 1. The Balaban J connectivity index is 2.26. The van der Waals surface area contributed by atoms with E-state index >= 15 is 0 Å². The molecule has 3 rings (SSSR count). The van der Waals surface area contributed by atoms with Crippen LogP contribution >= 0.6 is 22.9 Å². The molecule has 0 bridgehead atoms. The molecule has 0 amide bonds. The summed E-state index contributed by atoms with van der Waals surface area (Å²) in [6, 6.07) is 7.62. The molecule has 2 heterocycles. The minimum Gasteiger partial charge on any atom is -0.461 e. The number of nitrogens with two attached hydrogens (primary N) is 1. The molecule has 0 spiro atoms. The number of methoxy groups -OCH3 is 1. The van der Waals surface area contributed by atoms with E-state index in [2.05, 4.69) is 0 Å². The van der Waals surface area contributed by atoms with E-state index in [1.54, 1.807) is 18.4 Å². The van der Waals surface area contributed by atoms with Crippen molar-refractivity contribution < 1.29 is 22.7 Å². The number of aromatic nitrogens is 1. The van der Waals surface area contributed by atoms with E-state index in [9.17, 15) is 13.2 Å². The van der Waals surface area contributed by atoms with Crippen molar-refractivity contribution in [3.63, 3.8) is 0 Å². The highest BCUT2D eigenvalue weighted by atomic mass is 35.5. The van der Waals surface area contributed by atoms with Gasteiger partial charge in [-0.3, -0.25) is 0 Å². The van der Waals surface area contributed by atoms with Gasteiger partial charge in [-0.1, -0.05) is 17.7 Å². The van der Waals surface area contributed by atoms with E-state index in [1.165, 1.54) is 35.9 Å². The number of thiophene rings is 1. The summed E-state index contributed by atoms with van der Waals surface area (Å²) in [6.07, 6.45) is 0. The van der Waals surface area contributed by atoms with Gasteiger partial charge in [-0.2, -0.15) is 12.8 Å². The number of rotatable bonds is 7. The first-order valence-corrected chi connectivity index (χ1v) is 10.8. The third-order valence-corrected chi connectivity index (χ3v) is 7.24. The number of fused-ring (bicyclic) bond motifs is 1. The van der Waals surface area contributed by atoms with Gasteiger partial charge in [0, 0.05) is 12.5 Å². The molecular weight excluding hydrogens is 426 g/mol. The molecule has 0 saturated carbocycles. The summed E-state index contributed by atoms with van der Waals surface area (Å²) < 4.78 is 38.3. The fourth-order valence-electron chi connectivity index (χ4n) is 2.78. The Morgan fingerprint density at radius 2 is 2.11 bits per heavy atom. The quantitative estimate of drug-likeness (QED) is 0.341.